The molecule has 0 unspecified atom stereocenters. The summed E-state index contributed by atoms with van der Waals surface area (Å²) in [7, 11) is 1.60. The topological polar surface area (TPSA) is 69.2 Å². The summed E-state index contributed by atoms with van der Waals surface area (Å²) >= 11 is 1.65. The van der Waals surface area contributed by atoms with Crippen LogP contribution in [0.25, 0.3) is 4.91 Å². The largest absolute Gasteiger partial charge is 0.478 e. The Balaban J connectivity index is 1.95. The molecule has 0 fully saturated rings. The number of hydrogen-bond donors (Lipinski definition) is 1. The van der Waals surface area contributed by atoms with Crippen molar-refractivity contribution in [3.8, 4) is 11.6 Å². The Morgan fingerprint density at radius 1 is 1.19 bits per heavy atom. The van der Waals surface area contributed by atoms with Gasteiger partial charge in [0.1, 0.15) is 5.76 Å². The molecular formula is C20H24N4O2S. The quantitative estimate of drug-likeness (QED) is 0.735. The van der Waals surface area contributed by atoms with Gasteiger partial charge in [0.2, 0.25) is 5.95 Å². The fourth-order valence-corrected chi connectivity index (χ4v) is 3.50. The van der Waals surface area contributed by atoms with E-state index >= 15 is 0 Å². The summed E-state index contributed by atoms with van der Waals surface area (Å²) in [6.07, 6.45) is 5.62. The van der Waals surface area contributed by atoms with Crippen molar-refractivity contribution in [2.75, 3.05) is 19.0 Å². The first-order valence-electron chi connectivity index (χ1n) is 8.95. The molecule has 1 aliphatic rings. The molecule has 0 bridgehead atoms. The van der Waals surface area contributed by atoms with Gasteiger partial charge in [-0.1, -0.05) is 24.8 Å². The lowest BCUT2D eigenvalue weighted by Crippen LogP contribution is -2.08. The molecule has 0 amide bonds. The third kappa shape index (κ3) is 4.80. The van der Waals surface area contributed by atoms with Crippen LogP contribution in [0.1, 0.15) is 38.1 Å². The lowest BCUT2D eigenvalue weighted by Gasteiger charge is -2.20. The lowest BCUT2D eigenvalue weighted by molar-refractivity contribution is 0.345. The highest BCUT2D eigenvalue weighted by atomic mass is 32.2. The van der Waals surface area contributed by atoms with Crippen LogP contribution < -0.4 is 14.8 Å². The maximum atomic E-state index is 6.21. The van der Waals surface area contributed by atoms with E-state index in [-0.39, 0.29) is 0 Å². The summed E-state index contributed by atoms with van der Waals surface area (Å²) in [4.78, 5) is 15.6. The molecular weight excluding hydrogens is 360 g/mol. The summed E-state index contributed by atoms with van der Waals surface area (Å²) in [6, 6.07) is 5.70. The zero-order valence-corrected chi connectivity index (χ0v) is 16.9. The van der Waals surface area contributed by atoms with Gasteiger partial charge in [-0.05, 0) is 43.4 Å². The van der Waals surface area contributed by atoms with E-state index in [4.69, 9.17) is 9.47 Å². The molecule has 0 spiro atoms. The maximum absolute atomic E-state index is 6.21. The van der Waals surface area contributed by atoms with E-state index in [1.165, 1.54) is 4.91 Å². The maximum Gasteiger partial charge on any atom is 0.257 e. The number of methoxy groups -OCH3 is 1. The Morgan fingerprint density at radius 2 is 2.04 bits per heavy atom. The highest BCUT2D eigenvalue weighted by Gasteiger charge is 2.20. The molecule has 27 heavy (non-hydrogen) atoms. The minimum atomic E-state index is 0.478. The second kappa shape index (κ2) is 8.90. The zero-order valence-electron chi connectivity index (χ0n) is 16.1. The number of rotatable bonds is 7. The molecule has 0 atom stereocenters. The van der Waals surface area contributed by atoms with Gasteiger partial charge in [-0.25, -0.2) is 15.0 Å². The second-order valence-electron chi connectivity index (χ2n) is 6.13. The number of ether oxygens (including phenoxy) is 2. The average Bonchev–Trinajstić information content (AvgIpc) is 2.69. The van der Waals surface area contributed by atoms with Gasteiger partial charge in [-0.3, -0.25) is 0 Å². The highest BCUT2D eigenvalue weighted by molar-refractivity contribution is 8.11. The number of hydrogen-bond acceptors (Lipinski definition) is 7. The number of aromatic nitrogens is 3. The third-order valence-electron chi connectivity index (χ3n) is 3.90. The molecule has 142 valence electrons. The predicted octanol–water partition coefficient (Wildman–Crippen LogP) is 4.80. The second-order valence-corrected chi connectivity index (χ2v) is 7.38. The van der Waals surface area contributed by atoms with Crippen LogP contribution in [-0.2, 0) is 0 Å². The van der Waals surface area contributed by atoms with Gasteiger partial charge < -0.3 is 14.8 Å². The monoisotopic (exact) mass is 384 g/mol. The molecule has 0 radical (unpaired) electrons. The summed E-state index contributed by atoms with van der Waals surface area (Å²) in [6.45, 7) is 6.96. The SMILES string of the molecule is CCCNc1nccc(C2=C(Oc3ccc(C)nc3OC)CC=C(C)S2)n1. The first-order chi connectivity index (χ1) is 13.1. The highest BCUT2D eigenvalue weighted by Crippen LogP contribution is 2.42. The van der Waals surface area contributed by atoms with E-state index in [0.717, 1.165) is 35.0 Å². The molecule has 7 heteroatoms. The fraction of sp³-hybridized carbons (Fsp3) is 0.350. The molecule has 3 rings (SSSR count). The van der Waals surface area contributed by atoms with Crippen LogP contribution in [0.5, 0.6) is 11.6 Å². The van der Waals surface area contributed by atoms with Gasteiger partial charge in [0.15, 0.2) is 5.75 Å². The molecule has 2 aromatic rings. The van der Waals surface area contributed by atoms with E-state index in [0.29, 0.717) is 24.0 Å². The first kappa shape index (κ1) is 19.2. The molecule has 0 aliphatic carbocycles. The first-order valence-corrected chi connectivity index (χ1v) is 9.77. The number of nitrogens with zero attached hydrogens (tertiary/aromatic N) is 3. The van der Waals surface area contributed by atoms with Crippen LogP contribution in [0.2, 0.25) is 0 Å². The third-order valence-corrected chi connectivity index (χ3v) is 5.03. The average molecular weight is 385 g/mol. The van der Waals surface area contributed by atoms with E-state index in [2.05, 4.69) is 40.2 Å². The number of allylic oxidation sites excluding steroid dienone is 2. The van der Waals surface area contributed by atoms with Crippen LogP contribution in [0, 0.1) is 6.92 Å². The van der Waals surface area contributed by atoms with Crippen molar-refractivity contribution in [1.82, 2.24) is 15.0 Å². The Labute approximate surface area is 164 Å². The molecule has 0 saturated carbocycles. The molecule has 3 heterocycles. The van der Waals surface area contributed by atoms with Crippen molar-refractivity contribution in [1.29, 1.82) is 0 Å². The number of pyridine rings is 1. The van der Waals surface area contributed by atoms with Crippen molar-refractivity contribution < 1.29 is 9.47 Å². The van der Waals surface area contributed by atoms with E-state index in [9.17, 15) is 0 Å². The predicted molar refractivity (Wildman–Crippen MR) is 110 cm³/mol. The number of nitrogens with one attached hydrogen (secondary N) is 1. The van der Waals surface area contributed by atoms with E-state index in [1.807, 2.05) is 25.1 Å². The van der Waals surface area contributed by atoms with Crippen molar-refractivity contribution in [3.05, 3.63) is 52.5 Å². The zero-order chi connectivity index (χ0) is 19.2. The van der Waals surface area contributed by atoms with Crippen LogP contribution in [0.15, 0.2) is 41.1 Å². The number of aryl methyl sites for hydroxylation is 1. The molecule has 6 nitrogen and oxygen atoms in total. The van der Waals surface area contributed by atoms with Gasteiger partial charge in [-0.15, -0.1) is 0 Å². The summed E-state index contributed by atoms with van der Waals surface area (Å²) < 4.78 is 11.6. The normalized spacial score (nSPS) is 14.0. The van der Waals surface area contributed by atoms with Crippen molar-refractivity contribution in [2.24, 2.45) is 0 Å². The molecule has 0 aromatic carbocycles. The van der Waals surface area contributed by atoms with Crippen molar-refractivity contribution in [3.63, 3.8) is 0 Å². The van der Waals surface area contributed by atoms with Crippen LogP contribution in [-0.4, -0.2) is 28.6 Å². The lowest BCUT2D eigenvalue weighted by atomic mass is 10.2. The van der Waals surface area contributed by atoms with Crippen molar-refractivity contribution in [2.45, 2.75) is 33.6 Å². The van der Waals surface area contributed by atoms with Crippen LogP contribution in [0.4, 0.5) is 5.95 Å². The van der Waals surface area contributed by atoms with Gasteiger partial charge in [0.05, 0.1) is 17.7 Å². The Kier molecular flexibility index (Phi) is 6.34. The molecule has 0 saturated heterocycles. The smallest absolute Gasteiger partial charge is 0.257 e. The van der Waals surface area contributed by atoms with Gasteiger partial charge >= 0.3 is 0 Å². The Bertz CT molecular complexity index is 880. The molecule has 1 N–H and O–H groups in total. The minimum Gasteiger partial charge on any atom is -0.478 e. The summed E-state index contributed by atoms with van der Waals surface area (Å²) in [5, 5.41) is 3.23. The van der Waals surface area contributed by atoms with Crippen LogP contribution >= 0.6 is 11.8 Å². The van der Waals surface area contributed by atoms with Crippen molar-refractivity contribution >= 4 is 22.6 Å². The van der Waals surface area contributed by atoms with Crippen LogP contribution in [0.3, 0.4) is 0 Å². The fourth-order valence-electron chi connectivity index (χ4n) is 2.56. The summed E-state index contributed by atoms with van der Waals surface area (Å²) in [5.74, 6) is 2.53. The van der Waals surface area contributed by atoms with E-state index < -0.39 is 0 Å². The van der Waals surface area contributed by atoms with Gasteiger partial charge in [0.25, 0.3) is 5.88 Å². The van der Waals surface area contributed by atoms with E-state index in [1.54, 1.807) is 25.1 Å². The minimum absolute atomic E-state index is 0.478. The summed E-state index contributed by atoms with van der Waals surface area (Å²) in [5.41, 5.74) is 1.72. The standard InChI is InChI=1S/C20H24N4O2S/c1-5-11-21-20-22-12-10-15(24-20)18-16(9-7-14(3)27-18)26-17-8-6-13(2)23-19(17)25-4/h6-8,10,12H,5,9,11H2,1-4H3,(H,21,22,24). The number of thioether (sulfide) groups is 1. The number of anilines is 1. The van der Waals surface area contributed by atoms with Gasteiger partial charge in [-0.2, -0.15) is 0 Å². The Morgan fingerprint density at radius 3 is 2.81 bits per heavy atom. The Hall–Kier alpha value is -2.54. The van der Waals surface area contributed by atoms with Gasteiger partial charge in [0, 0.05) is 24.9 Å². The molecule has 1 aliphatic heterocycles. The molecule has 2 aromatic heterocycles.